The molecule has 0 atom stereocenters. The molecule has 4 heteroatoms. The fraction of sp³-hybridized carbons (Fsp3) is 0.357. The third kappa shape index (κ3) is 3.23. The van der Waals surface area contributed by atoms with Gasteiger partial charge in [-0.15, -0.1) is 11.3 Å². The fourth-order valence-corrected chi connectivity index (χ4v) is 2.63. The molecular weight excluding hydrogens is 244 g/mol. The van der Waals surface area contributed by atoms with E-state index in [1.807, 2.05) is 38.1 Å². The Hall–Kier alpha value is -1.55. The van der Waals surface area contributed by atoms with Gasteiger partial charge in [-0.2, -0.15) is 0 Å². The van der Waals surface area contributed by atoms with E-state index in [1.165, 1.54) is 4.88 Å². The molecule has 3 nitrogen and oxygen atoms in total. The van der Waals surface area contributed by atoms with Gasteiger partial charge < -0.3 is 10.1 Å². The lowest BCUT2D eigenvalue weighted by molar-refractivity contribution is 0.340. The summed E-state index contributed by atoms with van der Waals surface area (Å²) in [7, 11) is 0. The van der Waals surface area contributed by atoms with Crippen molar-refractivity contribution in [2.24, 2.45) is 0 Å². The van der Waals surface area contributed by atoms with E-state index >= 15 is 0 Å². The van der Waals surface area contributed by atoms with Gasteiger partial charge in [0.2, 0.25) is 0 Å². The highest BCUT2D eigenvalue weighted by atomic mass is 32.1. The molecule has 2 aromatic rings. The number of ether oxygens (including phenoxy) is 1. The van der Waals surface area contributed by atoms with Crippen LogP contribution in [0.3, 0.4) is 0 Å². The summed E-state index contributed by atoms with van der Waals surface area (Å²) in [6.07, 6.45) is 0. The van der Waals surface area contributed by atoms with Crippen LogP contribution in [-0.2, 0) is 6.54 Å². The van der Waals surface area contributed by atoms with Crippen LogP contribution in [0.15, 0.2) is 24.3 Å². The van der Waals surface area contributed by atoms with Crippen molar-refractivity contribution in [2.75, 3.05) is 11.9 Å². The van der Waals surface area contributed by atoms with Crippen LogP contribution in [0.25, 0.3) is 0 Å². The summed E-state index contributed by atoms with van der Waals surface area (Å²) in [4.78, 5) is 5.71. The second-order valence-electron chi connectivity index (χ2n) is 4.05. The van der Waals surface area contributed by atoms with E-state index in [0.717, 1.165) is 28.7 Å². The Morgan fingerprint density at radius 2 is 1.94 bits per heavy atom. The van der Waals surface area contributed by atoms with Crippen LogP contribution in [0, 0.1) is 13.8 Å². The Kier molecular flexibility index (Phi) is 4.20. The summed E-state index contributed by atoms with van der Waals surface area (Å²) in [6.45, 7) is 7.61. The van der Waals surface area contributed by atoms with Gasteiger partial charge in [-0.3, -0.25) is 0 Å². The summed E-state index contributed by atoms with van der Waals surface area (Å²) >= 11 is 1.75. The largest absolute Gasteiger partial charge is 0.494 e. The maximum absolute atomic E-state index is 5.41. The van der Waals surface area contributed by atoms with Crippen molar-refractivity contribution in [3.63, 3.8) is 0 Å². The molecule has 0 saturated carbocycles. The molecule has 1 aromatic heterocycles. The maximum Gasteiger partial charge on any atom is 0.119 e. The van der Waals surface area contributed by atoms with Gasteiger partial charge in [-0.05, 0) is 45.0 Å². The molecule has 0 bridgehead atoms. The van der Waals surface area contributed by atoms with Crippen LogP contribution in [0.2, 0.25) is 0 Å². The van der Waals surface area contributed by atoms with Crippen LogP contribution in [0.1, 0.15) is 22.5 Å². The van der Waals surface area contributed by atoms with E-state index in [0.29, 0.717) is 6.61 Å². The molecule has 0 aliphatic heterocycles. The van der Waals surface area contributed by atoms with Crippen LogP contribution < -0.4 is 10.1 Å². The number of nitrogens with one attached hydrogen (secondary N) is 1. The fourth-order valence-electron chi connectivity index (χ4n) is 1.76. The van der Waals surface area contributed by atoms with Gasteiger partial charge in [0, 0.05) is 10.6 Å². The lowest BCUT2D eigenvalue weighted by atomic mass is 10.3. The molecule has 18 heavy (non-hydrogen) atoms. The van der Waals surface area contributed by atoms with Gasteiger partial charge in [0.15, 0.2) is 0 Å². The van der Waals surface area contributed by atoms with E-state index in [1.54, 1.807) is 11.3 Å². The Morgan fingerprint density at radius 1 is 1.22 bits per heavy atom. The topological polar surface area (TPSA) is 34.1 Å². The lowest BCUT2D eigenvalue weighted by Gasteiger charge is -2.07. The van der Waals surface area contributed by atoms with Crippen LogP contribution in [0.4, 0.5) is 5.69 Å². The van der Waals surface area contributed by atoms with Gasteiger partial charge in [0.25, 0.3) is 0 Å². The zero-order valence-electron chi connectivity index (χ0n) is 11.0. The van der Waals surface area contributed by atoms with Gasteiger partial charge >= 0.3 is 0 Å². The Labute approximate surface area is 112 Å². The zero-order chi connectivity index (χ0) is 13.0. The second kappa shape index (κ2) is 5.87. The molecule has 2 rings (SSSR count). The molecule has 0 spiro atoms. The summed E-state index contributed by atoms with van der Waals surface area (Å²) in [5.41, 5.74) is 2.22. The second-order valence-corrected chi connectivity index (χ2v) is 5.34. The Bertz CT molecular complexity index is 505. The van der Waals surface area contributed by atoms with Crippen molar-refractivity contribution in [1.29, 1.82) is 0 Å². The highest BCUT2D eigenvalue weighted by Gasteiger charge is 2.04. The summed E-state index contributed by atoms with van der Waals surface area (Å²) < 4.78 is 5.41. The summed E-state index contributed by atoms with van der Waals surface area (Å²) in [5, 5.41) is 4.52. The van der Waals surface area contributed by atoms with Crippen molar-refractivity contribution in [3.8, 4) is 5.75 Å². The van der Waals surface area contributed by atoms with Crippen molar-refractivity contribution in [1.82, 2.24) is 4.98 Å². The predicted molar refractivity (Wildman–Crippen MR) is 76.5 cm³/mol. The molecule has 0 unspecified atom stereocenters. The highest BCUT2D eigenvalue weighted by Crippen LogP contribution is 2.20. The highest BCUT2D eigenvalue weighted by molar-refractivity contribution is 7.11. The Balaban J connectivity index is 1.95. The third-order valence-electron chi connectivity index (χ3n) is 2.62. The van der Waals surface area contributed by atoms with Gasteiger partial charge in [-0.1, -0.05) is 0 Å². The SMILES string of the molecule is CCOc1ccc(NCc2sc(C)nc2C)cc1. The molecule has 0 aliphatic carbocycles. The monoisotopic (exact) mass is 262 g/mol. The first-order valence-electron chi connectivity index (χ1n) is 6.08. The smallest absolute Gasteiger partial charge is 0.119 e. The van der Waals surface area contributed by atoms with Crippen molar-refractivity contribution < 1.29 is 4.74 Å². The first-order valence-corrected chi connectivity index (χ1v) is 6.90. The number of rotatable bonds is 5. The minimum Gasteiger partial charge on any atom is -0.494 e. The molecule has 1 heterocycles. The number of hydrogen-bond acceptors (Lipinski definition) is 4. The minimum absolute atomic E-state index is 0.701. The molecule has 0 aliphatic rings. The summed E-state index contributed by atoms with van der Waals surface area (Å²) in [6, 6.07) is 8.04. The van der Waals surface area contributed by atoms with Crippen LogP contribution in [-0.4, -0.2) is 11.6 Å². The van der Waals surface area contributed by atoms with E-state index in [9.17, 15) is 0 Å². The predicted octanol–water partition coefficient (Wildman–Crippen LogP) is 3.77. The van der Waals surface area contributed by atoms with Gasteiger partial charge in [-0.25, -0.2) is 4.98 Å². The van der Waals surface area contributed by atoms with Crippen molar-refractivity contribution in [2.45, 2.75) is 27.3 Å². The van der Waals surface area contributed by atoms with E-state index < -0.39 is 0 Å². The molecule has 0 radical (unpaired) electrons. The lowest BCUT2D eigenvalue weighted by Crippen LogP contribution is -1.99. The number of hydrogen-bond donors (Lipinski definition) is 1. The number of aromatic nitrogens is 1. The minimum atomic E-state index is 0.701. The molecular formula is C14H18N2OS. The van der Waals surface area contributed by atoms with E-state index in [4.69, 9.17) is 4.74 Å². The van der Waals surface area contributed by atoms with Gasteiger partial charge in [0.1, 0.15) is 5.75 Å². The number of thiazole rings is 1. The number of aryl methyl sites for hydroxylation is 2. The van der Waals surface area contributed by atoms with E-state index in [2.05, 4.69) is 17.2 Å². The molecule has 0 amide bonds. The standard InChI is InChI=1S/C14H18N2OS/c1-4-17-13-7-5-12(6-8-13)15-9-14-10(2)16-11(3)18-14/h5-8,15H,4,9H2,1-3H3. The van der Waals surface area contributed by atoms with Crippen molar-refractivity contribution in [3.05, 3.63) is 39.8 Å². The number of benzene rings is 1. The van der Waals surface area contributed by atoms with Gasteiger partial charge in [0.05, 0.1) is 23.9 Å². The summed E-state index contributed by atoms with van der Waals surface area (Å²) in [5.74, 6) is 0.910. The third-order valence-corrected chi connectivity index (χ3v) is 3.69. The zero-order valence-corrected chi connectivity index (χ0v) is 11.8. The quantitative estimate of drug-likeness (QED) is 0.890. The average Bonchev–Trinajstić information content (AvgIpc) is 2.67. The number of nitrogens with zero attached hydrogens (tertiary/aromatic N) is 1. The first kappa shape index (κ1) is 12.9. The van der Waals surface area contributed by atoms with Crippen LogP contribution in [0.5, 0.6) is 5.75 Å². The molecule has 0 fully saturated rings. The Morgan fingerprint density at radius 3 is 2.50 bits per heavy atom. The molecule has 0 saturated heterocycles. The van der Waals surface area contributed by atoms with Crippen molar-refractivity contribution >= 4 is 17.0 Å². The number of anilines is 1. The van der Waals surface area contributed by atoms with Crippen LogP contribution >= 0.6 is 11.3 Å². The normalized spacial score (nSPS) is 10.4. The molecule has 1 aromatic carbocycles. The van der Waals surface area contributed by atoms with E-state index in [-0.39, 0.29) is 0 Å². The maximum atomic E-state index is 5.41. The average molecular weight is 262 g/mol. The molecule has 96 valence electrons. The molecule has 1 N–H and O–H groups in total. The first-order chi connectivity index (χ1) is 8.69.